The molecule has 3 heterocycles. The number of benzene rings is 3. The Labute approximate surface area is 261 Å². The first-order chi connectivity index (χ1) is 21.9. The standard InChI is InChI=1S/C34H36N6O5/c1-39(2)22-37-32-28-19-38-40(33(28)36-21-35-32)31-18-29(41)30(45-31)20-44-34(23-8-6-5-7-9-23,24-10-14-26(42-3)15-11-24)25-12-16-27(43-4)17-13-25/h5-17,19,21-22,29-31,41H,18,20H2,1-4H3/b37-22+/t29-,30+,31+/m0/s1. The number of aliphatic hydroxyl groups excluding tert-OH is 1. The summed E-state index contributed by atoms with van der Waals surface area (Å²) in [5, 5.41) is 16.5. The molecule has 1 fully saturated rings. The normalized spacial score (nSPS) is 18.5. The molecule has 6 rings (SSSR count). The molecule has 232 valence electrons. The number of aromatic nitrogens is 4. The Kier molecular flexibility index (Phi) is 8.74. The lowest BCUT2D eigenvalue weighted by molar-refractivity contribution is -0.0949. The highest BCUT2D eigenvalue weighted by Gasteiger charge is 2.42. The number of methoxy groups -OCH3 is 2. The first-order valence-corrected chi connectivity index (χ1v) is 14.6. The molecule has 0 bridgehead atoms. The highest BCUT2D eigenvalue weighted by atomic mass is 16.6. The summed E-state index contributed by atoms with van der Waals surface area (Å²) < 4.78 is 26.0. The maximum absolute atomic E-state index is 11.2. The smallest absolute Gasteiger partial charge is 0.167 e. The zero-order valence-electron chi connectivity index (χ0n) is 25.6. The predicted octanol–water partition coefficient (Wildman–Crippen LogP) is 4.72. The molecule has 1 aliphatic rings. The second-order valence-corrected chi connectivity index (χ2v) is 11.0. The van der Waals surface area contributed by atoms with Crippen LogP contribution in [0, 0.1) is 0 Å². The van der Waals surface area contributed by atoms with Crippen LogP contribution < -0.4 is 9.47 Å². The van der Waals surface area contributed by atoms with Gasteiger partial charge in [-0.25, -0.2) is 19.6 Å². The molecule has 0 saturated carbocycles. The van der Waals surface area contributed by atoms with Crippen LogP contribution in [0.25, 0.3) is 11.0 Å². The van der Waals surface area contributed by atoms with Gasteiger partial charge in [-0.05, 0) is 41.0 Å². The molecule has 2 aromatic heterocycles. The Hall–Kier alpha value is -4.84. The quantitative estimate of drug-likeness (QED) is 0.129. The van der Waals surface area contributed by atoms with E-state index in [1.165, 1.54) is 6.33 Å². The lowest BCUT2D eigenvalue weighted by Gasteiger charge is -2.37. The van der Waals surface area contributed by atoms with Crippen LogP contribution in [0.4, 0.5) is 5.82 Å². The number of rotatable bonds is 11. The fourth-order valence-corrected chi connectivity index (χ4v) is 5.63. The summed E-state index contributed by atoms with van der Waals surface area (Å²) in [7, 11) is 7.05. The maximum Gasteiger partial charge on any atom is 0.167 e. The fraction of sp³-hybridized carbons (Fsp3) is 0.294. The van der Waals surface area contributed by atoms with Gasteiger partial charge in [0.15, 0.2) is 17.7 Å². The van der Waals surface area contributed by atoms with Crippen molar-refractivity contribution in [2.24, 2.45) is 4.99 Å². The van der Waals surface area contributed by atoms with Crippen molar-refractivity contribution in [3.05, 3.63) is 108 Å². The van der Waals surface area contributed by atoms with E-state index in [2.05, 4.69) is 20.1 Å². The van der Waals surface area contributed by atoms with Gasteiger partial charge in [0, 0.05) is 20.5 Å². The van der Waals surface area contributed by atoms with Gasteiger partial charge in [0.25, 0.3) is 0 Å². The average molecular weight is 609 g/mol. The van der Waals surface area contributed by atoms with E-state index in [9.17, 15) is 5.11 Å². The van der Waals surface area contributed by atoms with E-state index in [0.717, 1.165) is 28.2 Å². The molecule has 5 aromatic rings. The number of aliphatic hydroxyl groups is 1. The van der Waals surface area contributed by atoms with Crippen molar-refractivity contribution in [3.8, 4) is 11.5 Å². The zero-order valence-corrected chi connectivity index (χ0v) is 25.6. The van der Waals surface area contributed by atoms with Crippen molar-refractivity contribution < 1.29 is 24.1 Å². The Balaban J connectivity index is 1.33. The molecule has 45 heavy (non-hydrogen) atoms. The van der Waals surface area contributed by atoms with Crippen molar-refractivity contribution in [2.45, 2.75) is 30.5 Å². The predicted molar refractivity (Wildman–Crippen MR) is 170 cm³/mol. The highest BCUT2D eigenvalue weighted by Crippen LogP contribution is 2.43. The third-order valence-electron chi connectivity index (χ3n) is 7.90. The lowest BCUT2D eigenvalue weighted by Crippen LogP contribution is -2.38. The Bertz CT molecular complexity index is 1690. The summed E-state index contributed by atoms with van der Waals surface area (Å²) in [5.41, 5.74) is 2.25. The molecule has 0 aliphatic carbocycles. The zero-order chi connectivity index (χ0) is 31.4. The van der Waals surface area contributed by atoms with Gasteiger partial charge in [0.1, 0.15) is 29.5 Å². The summed E-state index contributed by atoms with van der Waals surface area (Å²) in [6.45, 7) is 0.0944. The van der Waals surface area contributed by atoms with Gasteiger partial charge in [-0.3, -0.25) is 0 Å². The maximum atomic E-state index is 11.2. The summed E-state index contributed by atoms with van der Waals surface area (Å²) in [4.78, 5) is 15.0. The molecule has 11 heteroatoms. The minimum absolute atomic E-state index is 0.0944. The van der Waals surface area contributed by atoms with E-state index in [4.69, 9.17) is 18.9 Å². The van der Waals surface area contributed by atoms with Crippen molar-refractivity contribution in [3.63, 3.8) is 0 Å². The van der Waals surface area contributed by atoms with Crippen molar-refractivity contribution in [1.82, 2.24) is 24.6 Å². The van der Waals surface area contributed by atoms with Gasteiger partial charge in [-0.1, -0.05) is 54.6 Å². The number of aliphatic imine (C=N–C) groups is 1. The van der Waals surface area contributed by atoms with E-state index in [0.29, 0.717) is 23.3 Å². The minimum atomic E-state index is -1.04. The lowest BCUT2D eigenvalue weighted by atomic mass is 9.80. The highest BCUT2D eigenvalue weighted by molar-refractivity contribution is 5.86. The van der Waals surface area contributed by atoms with Crippen LogP contribution in [0.2, 0.25) is 0 Å². The Morgan fingerprint density at radius 3 is 2.16 bits per heavy atom. The van der Waals surface area contributed by atoms with E-state index in [1.54, 1.807) is 31.4 Å². The SMILES string of the molecule is COc1ccc(C(OC[C@H]2O[C@@H](n3ncc4c(/N=C/N(C)C)ncnc43)C[C@@H]2O)(c2ccccc2)c2ccc(OC)cc2)cc1. The molecule has 3 atom stereocenters. The van der Waals surface area contributed by atoms with Crippen molar-refractivity contribution in [1.29, 1.82) is 0 Å². The number of ether oxygens (including phenoxy) is 4. The average Bonchev–Trinajstić information content (AvgIpc) is 3.68. The largest absolute Gasteiger partial charge is 0.497 e. The minimum Gasteiger partial charge on any atom is -0.497 e. The van der Waals surface area contributed by atoms with E-state index in [-0.39, 0.29) is 6.61 Å². The number of fused-ring (bicyclic) bond motifs is 1. The third kappa shape index (κ3) is 5.97. The number of hydrogen-bond acceptors (Lipinski definition) is 9. The van der Waals surface area contributed by atoms with Crippen LogP contribution in [-0.4, -0.2) is 83.2 Å². The van der Waals surface area contributed by atoms with Crippen LogP contribution in [0.1, 0.15) is 29.3 Å². The van der Waals surface area contributed by atoms with Gasteiger partial charge >= 0.3 is 0 Å². The first-order valence-electron chi connectivity index (χ1n) is 14.6. The summed E-state index contributed by atoms with van der Waals surface area (Å²) in [6.07, 6.45) is 3.11. The molecule has 3 aromatic carbocycles. The van der Waals surface area contributed by atoms with Gasteiger partial charge in [-0.15, -0.1) is 0 Å². The van der Waals surface area contributed by atoms with Crippen molar-refractivity contribution >= 4 is 23.2 Å². The van der Waals surface area contributed by atoms with Crippen LogP contribution in [0.15, 0.2) is 96.4 Å². The molecular weight excluding hydrogens is 572 g/mol. The fourth-order valence-electron chi connectivity index (χ4n) is 5.63. The molecule has 1 N–H and O–H groups in total. The van der Waals surface area contributed by atoms with Gasteiger partial charge in [0.2, 0.25) is 0 Å². The van der Waals surface area contributed by atoms with Crippen LogP contribution in [-0.2, 0) is 15.1 Å². The first kappa shape index (κ1) is 30.2. The second-order valence-electron chi connectivity index (χ2n) is 11.0. The monoisotopic (exact) mass is 608 g/mol. The molecular formula is C34H36N6O5. The summed E-state index contributed by atoms with van der Waals surface area (Å²) >= 11 is 0. The molecule has 0 amide bonds. The number of nitrogens with zero attached hydrogens (tertiary/aromatic N) is 6. The number of hydrogen-bond donors (Lipinski definition) is 1. The topological polar surface area (TPSA) is 116 Å². The molecule has 11 nitrogen and oxygen atoms in total. The second kappa shape index (κ2) is 13.0. The van der Waals surface area contributed by atoms with Gasteiger partial charge in [-0.2, -0.15) is 5.10 Å². The van der Waals surface area contributed by atoms with Gasteiger partial charge in [0.05, 0.1) is 44.9 Å². The summed E-state index contributed by atoms with van der Waals surface area (Å²) in [6, 6.07) is 25.7. The van der Waals surface area contributed by atoms with Crippen molar-refractivity contribution in [2.75, 3.05) is 34.9 Å². The van der Waals surface area contributed by atoms with Crippen LogP contribution >= 0.6 is 0 Å². The molecule has 1 aliphatic heterocycles. The molecule has 0 unspecified atom stereocenters. The Morgan fingerprint density at radius 2 is 1.56 bits per heavy atom. The molecule has 0 spiro atoms. The van der Waals surface area contributed by atoms with Gasteiger partial charge < -0.3 is 29.0 Å². The van der Waals surface area contributed by atoms with E-state index < -0.39 is 24.0 Å². The van der Waals surface area contributed by atoms with Crippen LogP contribution in [0.5, 0.6) is 11.5 Å². The van der Waals surface area contributed by atoms with E-state index >= 15 is 0 Å². The third-order valence-corrected chi connectivity index (χ3v) is 7.90. The van der Waals surface area contributed by atoms with E-state index in [1.807, 2.05) is 97.9 Å². The van der Waals surface area contributed by atoms with Crippen LogP contribution in [0.3, 0.4) is 0 Å². The molecule has 1 saturated heterocycles. The summed E-state index contributed by atoms with van der Waals surface area (Å²) in [5.74, 6) is 1.97. The molecule has 0 radical (unpaired) electrons. The Morgan fingerprint density at radius 1 is 0.933 bits per heavy atom.